The number of halogens is 1. The summed E-state index contributed by atoms with van der Waals surface area (Å²) in [6.45, 7) is 3.43. The van der Waals surface area contributed by atoms with Gasteiger partial charge in [-0.25, -0.2) is 9.37 Å². The van der Waals surface area contributed by atoms with Crippen LogP contribution < -0.4 is 9.64 Å². The minimum Gasteiger partial charge on any atom is -0.494 e. The molecule has 0 unspecified atom stereocenters. The molecule has 0 aliphatic carbocycles. The summed E-state index contributed by atoms with van der Waals surface area (Å²) < 4.78 is 21.4. The van der Waals surface area contributed by atoms with Gasteiger partial charge in [0.1, 0.15) is 17.1 Å². The number of pyridine rings is 1. The molecule has 0 spiro atoms. The number of ether oxygens (including phenoxy) is 1. The van der Waals surface area contributed by atoms with Crippen LogP contribution in [0.25, 0.3) is 43.5 Å². The molecule has 0 radical (unpaired) electrons. The number of rotatable bonds is 3. The number of piperazine rings is 1. The maximum absolute atomic E-state index is 15.9. The second kappa shape index (κ2) is 7.46. The van der Waals surface area contributed by atoms with E-state index in [9.17, 15) is 0 Å². The molecule has 2 aromatic carbocycles. The molecule has 0 atom stereocenters. The van der Waals surface area contributed by atoms with Gasteiger partial charge in [-0.2, -0.15) is 0 Å². The van der Waals surface area contributed by atoms with Gasteiger partial charge in [-0.1, -0.05) is 18.2 Å². The molecule has 1 fully saturated rings. The minimum atomic E-state index is -0.203. The van der Waals surface area contributed by atoms with Gasteiger partial charge in [-0.15, -0.1) is 11.3 Å². The van der Waals surface area contributed by atoms with Crippen LogP contribution in [0.2, 0.25) is 0 Å². The molecule has 6 rings (SSSR count). The zero-order valence-electron chi connectivity index (χ0n) is 18.0. The highest BCUT2D eigenvalue weighted by molar-refractivity contribution is 7.13. The largest absolute Gasteiger partial charge is 0.494 e. The smallest absolute Gasteiger partial charge is 0.147 e. The van der Waals surface area contributed by atoms with E-state index in [4.69, 9.17) is 9.72 Å². The van der Waals surface area contributed by atoms with Crippen LogP contribution in [0.4, 0.5) is 10.1 Å². The molecule has 4 heterocycles. The Morgan fingerprint density at radius 2 is 1.94 bits per heavy atom. The Labute approximate surface area is 189 Å². The number of benzene rings is 2. The van der Waals surface area contributed by atoms with Crippen molar-refractivity contribution in [3.63, 3.8) is 0 Å². The Bertz CT molecular complexity index is 1400. The molecule has 1 saturated heterocycles. The molecule has 3 aromatic rings. The van der Waals surface area contributed by atoms with E-state index in [1.165, 1.54) is 0 Å². The molecular formula is C25H23FN4OS. The number of anilines is 1. The molecule has 3 aliphatic rings. The van der Waals surface area contributed by atoms with Crippen molar-refractivity contribution in [1.82, 2.24) is 14.9 Å². The monoisotopic (exact) mass is 446 g/mol. The highest BCUT2D eigenvalue weighted by atomic mass is 32.1. The van der Waals surface area contributed by atoms with Gasteiger partial charge in [-0.05, 0) is 30.6 Å². The van der Waals surface area contributed by atoms with E-state index in [0.29, 0.717) is 5.69 Å². The number of para-hydroxylation sites is 1. The van der Waals surface area contributed by atoms with Crippen molar-refractivity contribution < 1.29 is 9.13 Å². The molecule has 1 N–H and O–H groups in total. The average molecular weight is 447 g/mol. The van der Waals surface area contributed by atoms with Gasteiger partial charge in [0, 0.05) is 59.2 Å². The third-order valence-corrected chi connectivity index (χ3v) is 7.33. The molecule has 0 saturated carbocycles. The van der Waals surface area contributed by atoms with Crippen LogP contribution >= 0.6 is 11.3 Å². The van der Waals surface area contributed by atoms with Crippen molar-refractivity contribution >= 4 is 38.8 Å². The maximum Gasteiger partial charge on any atom is 0.147 e. The quantitative estimate of drug-likeness (QED) is 0.400. The van der Waals surface area contributed by atoms with Crippen LogP contribution in [-0.2, 0) is 0 Å². The Balaban J connectivity index is 1.67. The second-order valence-corrected chi connectivity index (χ2v) is 9.24. The summed E-state index contributed by atoms with van der Waals surface area (Å²) in [4.78, 5) is 13.9. The number of nitrogens with zero attached hydrogens (tertiary/aromatic N) is 3. The van der Waals surface area contributed by atoms with Crippen molar-refractivity contribution in [2.45, 2.75) is 0 Å². The van der Waals surface area contributed by atoms with Crippen molar-refractivity contribution in [2.24, 2.45) is 0 Å². The van der Waals surface area contributed by atoms with Crippen LogP contribution in [-0.4, -0.2) is 55.2 Å². The molecule has 7 heteroatoms. The van der Waals surface area contributed by atoms with E-state index in [-0.39, 0.29) is 5.82 Å². The first kappa shape index (κ1) is 19.5. The molecule has 3 aliphatic heterocycles. The van der Waals surface area contributed by atoms with Crippen LogP contribution in [0.3, 0.4) is 0 Å². The summed E-state index contributed by atoms with van der Waals surface area (Å²) in [5.74, 6) is 0.519. The van der Waals surface area contributed by atoms with Crippen molar-refractivity contribution in [2.75, 3.05) is 45.2 Å². The zero-order chi connectivity index (χ0) is 21.8. The van der Waals surface area contributed by atoms with Gasteiger partial charge < -0.3 is 19.5 Å². The number of fused-ring (bicyclic) bond motifs is 5. The summed E-state index contributed by atoms with van der Waals surface area (Å²) in [6, 6.07) is 11.6. The Morgan fingerprint density at radius 1 is 1.09 bits per heavy atom. The third-order valence-electron chi connectivity index (χ3n) is 6.44. The van der Waals surface area contributed by atoms with Gasteiger partial charge in [0.2, 0.25) is 0 Å². The number of thiophene rings is 1. The van der Waals surface area contributed by atoms with Crippen molar-refractivity contribution in [3.8, 4) is 27.4 Å². The van der Waals surface area contributed by atoms with Crippen LogP contribution in [0.5, 0.6) is 5.75 Å². The Morgan fingerprint density at radius 3 is 2.69 bits per heavy atom. The standard InChI is InChI=1S/C25H23FN4OS/c1-29-8-10-30(11-9-29)25-18(26)13-16-22-17(15-5-3-6-19(31-2)23(15)28-22)14-27-24(16)21(25)20-7-4-12-32-20/h3-7,12-14,27H,8-11H2,1-2H3. The van der Waals surface area contributed by atoms with E-state index in [1.807, 2.05) is 35.8 Å². The lowest BCUT2D eigenvalue weighted by molar-refractivity contribution is 0.312. The summed E-state index contributed by atoms with van der Waals surface area (Å²) in [7, 11) is 3.76. The Kier molecular flexibility index (Phi) is 4.55. The number of hydrogen-bond acceptors (Lipinski definition) is 5. The summed E-state index contributed by atoms with van der Waals surface area (Å²) in [5, 5.41) is 3.83. The molecule has 1 aromatic heterocycles. The average Bonchev–Trinajstić information content (AvgIpc) is 3.47. The predicted molar refractivity (Wildman–Crippen MR) is 130 cm³/mol. The number of likely N-dealkylation sites (N-methyl/N-ethyl adjacent to an activating group) is 1. The number of nitrogens with one attached hydrogen (secondary N) is 1. The highest BCUT2D eigenvalue weighted by Crippen LogP contribution is 2.46. The highest BCUT2D eigenvalue weighted by Gasteiger charge is 2.27. The Hall–Kier alpha value is -3.16. The summed E-state index contributed by atoms with van der Waals surface area (Å²) in [6.07, 6.45) is 2.00. The van der Waals surface area contributed by atoms with Crippen LogP contribution in [0.1, 0.15) is 0 Å². The van der Waals surface area contributed by atoms with E-state index < -0.39 is 0 Å². The molecule has 162 valence electrons. The predicted octanol–water partition coefficient (Wildman–Crippen LogP) is 5.45. The topological polar surface area (TPSA) is 44.4 Å². The van der Waals surface area contributed by atoms with Gasteiger partial charge >= 0.3 is 0 Å². The van der Waals surface area contributed by atoms with Gasteiger partial charge in [-0.3, -0.25) is 0 Å². The fourth-order valence-electron chi connectivity index (χ4n) is 4.79. The first-order valence-corrected chi connectivity index (χ1v) is 11.6. The minimum absolute atomic E-state index is 0.203. The van der Waals surface area contributed by atoms with Crippen LogP contribution in [0.15, 0.2) is 48.0 Å². The lowest BCUT2D eigenvalue weighted by Gasteiger charge is -2.35. The van der Waals surface area contributed by atoms with E-state index in [1.54, 1.807) is 24.5 Å². The van der Waals surface area contributed by atoms with Gasteiger partial charge in [0.05, 0.1) is 24.0 Å². The van der Waals surface area contributed by atoms with E-state index in [2.05, 4.69) is 27.9 Å². The second-order valence-electron chi connectivity index (χ2n) is 8.29. The number of methoxy groups -OCH3 is 1. The fourth-order valence-corrected chi connectivity index (χ4v) is 5.57. The number of aromatic nitrogens is 2. The first-order chi connectivity index (χ1) is 15.7. The normalized spacial score (nSPS) is 15.3. The lowest BCUT2D eigenvalue weighted by atomic mass is 9.99. The molecule has 0 amide bonds. The van der Waals surface area contributed by atoms with E-state index in [0.717, 1.165) is 75.4 Å². The number of hydrogen-bond donors (Lipinski definition) is 1. The number of aromatic amines is 1. The number of H-pyrrole nitrogens is 1. The van der Waals surface area contributed by atoms with Crippen LogP contribution in [0, 0.1) is 5.82 Å². The van der Waals surface area contributed by atoms with Gasteiger partial charge in [0.25, 0.3) is 0 Å². The fraction of sp³-hybridized carbons (Fsp3) is 0.240. The molecular weight excluding hydrogens is 423 g/mol. The van der Waals surface area contributed by atoms with E-state index >= 15 is 4.39 Å². The van der Waals surface area contributed by atoms with Crippen molar-refractivity contribution in [3.05, 3.63) is 53.8 Å². The molecule has 0 bridgehead atoms. The summed E-state index contributed by atoms with van der Waals surface area (Å²) in [5.41, 5.74) is 5.07. The lowest BCUT2D eigenvalue weighted by Crippen LogP contribution is -2.45. The first-order valence-electron chi connectivity index (χ1n) is 10.7. The van der Waals surface area contributed by atoms with Crippen molar-refractivity contribution in [1.29, 1.82) is 0 Å². The maximum atomic E-state index is 15.9. The van der Waals surface area contributed by atoms with Gasteiger partial charge in [0.15, 0.2) is 0 Å². The zero-order valence-corrected chi connectivity index (χ0v) is 18.8. The third kappa shape index (κ3) is 2.88. The SMILES string of the molecule is COc1cccc2c3c[nH]c4c(-c5cccs5)c(N5CCN(C)CC5)c(F)cc4c-3nc12. The molecule has 32 heavy (non-hydrogen) atoms. The molecule has 5 nitrogen and oxygen atoms in total. The summed E-state index contributed by atoms with van der Waals surface area (Å²) >= 11 is 1.63.